The van der Waals surface area contributed by atoms with E-state index in [1.165, 1.54) is 36.9 Å². The van der Waals surface area contributed by atoms with Gasteiger partial charge in [-0.2, -0.15) is 0 Å². The highest BCUT2D eigenvalue weighted by Crippen LogP contribution is 2.19. The molecule has 2 N–H and O–H groups in total. The van der Waals surface area contributed by atoms with E-state index >= 15 is 0 Å². The largest absolute Gasteiger partial charge is 0.348 e. The minimum absolute atomic E-state index is 0.464. The van der Waals surface area contributed by atoms with Gasteiger partial charge in [-0.15, -0.1) is 0 Å². The summed E-state index contributed by atoms with van der Waals surface area (Å²) < 4.78 is 0. The van der Waals surface area contributed by atoms with Crippen LogP contribution in [0, 0.1) is 0 Å². The first-order chi connectivity index (χ1) is 9.90. The second-order valence-electron chi connectivity index (χ2n) is 5.24. The van der Waals surface area contributed by atoms with Gasteiger partial charge in [0.2, 0.25) is 0 Å². The van der Waals surface area contributed by atoms with Gasteiger partial charge in [-0.1, -0.05) is 56.5 Å². The molecule has 1 heterocycles. The van der Waals surface area contributed by atoms with Crippen molar-refractivity contribution >= 4 is 0 Å². The van der Waals surface area contributed by atoms with E-state index < -0.39 is 0 Å². The van der Waals surface area contributed by atoms with Crippen LogP contribution in [-0.2, 0) is 6.42 Å². The predicted molar refractivity (Wildman–Crippen MR) is 83.6 cm³/mol. The monoisotopic (exact) mass is 271 g/mol. The fraction of sp³-hybridized carbons (Fsp3) is 0.471. The number of aromatic nitrogens is 2. The number of hydrogen-bond acceptors (Lipinski definition) is 2. The third-order valence-corrected chi connectivity index (χ3v) is 3.64. The molecular weight excluding hydrogens is 246 g/mol. The lowest BCUT2D eigenvalue weighted by molar-refractivity contribution is 0.476. The Morgan fingerprint density at radius 2 is 2.05 bits per heavy atom. The second kappa shape index (κ2) is 8.54. The number of aromatic amines is 1. The van der Waals surface area contributed by atoms with Gasteiger partial charge < -0.3 is 10.3 Å². The van der Waals surface area contributed by atoms with E-state index in [1.54, 1.807) is 6.33 Å². The average Bonchev–Trinajstić information content (AvgIpc) is 3.00. The van der Waals surface area contributed by atoms with Gasteiger partial charge in [-0.3, -0.25) is 0 Å². The molecule has 1 aromatic carbocycles. The normalized spacial score (nSPS) is 12.4. The molecule has 2 rings (SSSR count). The summed E-state index contributed by atoms with van der Waals surface area (Å²) in [6.07, 6.45) is 9.72. The quantitative estimate of drug-likeness (QED) is 0.680. The van der Waals surface area contributed by atoms with Crippen molar-refractivity contribution in [2.45, 2.75) is 45.1 Å². The van der Waals surface area contributed by atoms with Crippen LogP contribution < -0.4 is 5.32 Å². The van der Waals surface area contributed by atoms with Gasteiger partial charge in [0.25, 0.3) is 0 Å². The van der Waals surface area contributed by atoms with E-state index in [-0.39, 0.29) is 0 Å². The number of benzene rings is 1. The molecule has 108 valence electrons. The van der Waals surface area contributed by atoms with Crippen molar-refractivity contribution in [3.05, 3.63) is 54.1 Å². The zero-order valence-electron chi connectivity index (χ0n) is 12.3. The van der Waals surface area contributed by atoms with Crippen LogP contribution in [0.3, 0.4) is 0 Å². The number of H-pyrrole nitrogens is 1. The first-order valence-electron chi connectivity index (χ1n) is 7.65. The summed E-state index contributed by atoms with van der Waals surface area (Å²) in [6, 6.07) is 11.2. The van der Waals surface area contributed by atoms with Crippen molar-refractivity contribution in [1.82, 2.24) is 15.3 Å². The number of imidazole rings is 1. The number of unbranched alkanes of at least 4 members (excludes halogenated alkanes) is 2. The SMILES string of the molecule is CCCCCC(NCCc1cnc[nH]1)c1ccccc1. The molecule has 0 radical (unpaired) electrons. The standard InChI is InChI=1S/C17H25N3/c1-2-3-5-10-17(15-8-6-4-7-9-15)19-12-11-16-13-18-14-20-16/h4,6-9,13-14,17,19H,2-3,5,10-12H2,1H3,(H,18,20). The maximum atomic E-state index is 4.06. The summed E-state index contributed by atoms with van der Waals surface area (Å²) in [6.45, 7) is 3.23. The van der Waals surface area contributed by atoms with E-state index in [0.29, 0.717) is 6.04 Å². The Morgan fingerprint density at radius 3 is 2.75 bits per heavy atom. The van der Waals surface area contributed by atoms with Gasteiger partial charge in [0.05, 0.1) is 6.33 Å². The summed E-state index contributed by atoms with van der Waals surface area (Å²) in [5.41, 5.74) is 2.59. The van der Waals surface area contributed by atoms with Crippen LogP contribution in [0.2, 0.25) is 0 Å². The Morgan fingerprint density at radius 1 is 1.20 bits per heavy atom. The first kappa shape index (κ1) is 14.8. The summed E-state index contributed by atoms with van der Waals surface area (Å²) >= 11 is 0. The molecule has 0 aliphatic rings. The third-order valence-electron chi connectivity index (χ3n) is 3.64. The van der Waals surface area contributed by atoms with Crippen LogP contribution in [0.1, 0.15) is 49.9 Å². The highest BCUT2D eigenvalue weighted by Gasteiger charge is 2.10. The molecule has 0 bridgehead atoms. The van der Waals surface area contributed by atoms with Gasteiger partial charge in [-0.05, 0) is 12.0 Å². The smallest absolute Gasteiger partial charge is 0.0921 e. The van der Waals surface area contributed by atoms with Gasteiger partial charge in [0.15, 0.2) is 0 Å². The highest BCUT2D eigenvalue weighted by atomic mass is 14.9. The Kier molecular flexibility index (Phi) is 6.32. The second-order valence-corrected chi connectivity index (χ2v) is 5.24. The van der Waals surface area contributed by atoms with Crippen molar-refractivity contribution in [3.8, 4) is 0 Å². The summed E-state index contributed by atoms with van der Waals surface area (Å²) in [5.74, 6) is 0. The molecule has 0 saturated carbocycles. The Hall–Kier alpha value is -1.61. The van der Waals surface area contributed by atoms with E-state index in [0.717, 1.165) is 13.0 Å². The van der Waals surface area contributed by atoms with Crippen LogP contribution in [0.25, 0.3) is 0 Å². The van der Waals surface area contributed by atoms with Crippen LogP contribution in [0.4, 0.5) is 0 Å². The molecule has 3 nitrogen and oxygen atoms in total. The average molecular weight is 271 g/mol. The molecule has 1 aromatic heterocycles. The fourth-order valence-electron chi connectivity index (χ4n) is 2.47. The predicted octanol–water partition coefficient (Wildman–Crippen LogP) is 3.86. The molecule has 0 saturated heterocycles. The number of hydrogen-bond donors (Lipinski definition) is 2. The molecule has 20 heavy (non-hydrogen) atoms. The van der Waals surface area contributed by atoms with Crippen molar-refractivity contribution < 1.29 is 0 Å². The van der Waals surface area contributed by atoms with Gasteiger partial charge in [-0.25, -0.2) is 4.98 Å². The van der Waals surface area contributed by atoms with E-state index in [2.05, 4.69) is 52.5 Å². The third kappa shape index (κ3) is 4.82. The first-order valence-corrected chi connectivity index (χ1v) is 7.65. The van der Waals surface area contributed by atoms with Crippen molar-refractivity contribution in [1.29, 1.82) is 0 Å². The van der Waals surface area contributed by atoms with Crippen molar-refractivity contribution in [2.75, 3.05) is 6.54 Å². The minimum atomic E-state index is 0.464. The minimum Gasteiger partial charge on any atom is -0.348 e. The number of nitrogens with one attached hydrogen (secondary N) is 2. The fourth-order valence-corrected chi connectivity index (χ4v) is 2.47. The van der Waals surface area contributed by atoms with E-state index in [1.807, 2.05) is 6.20 Å². The summed E-state index contributed by atoms with van der Waals surface area (Å²) in [5, 5.41) is 3.69. The topological polar surface area (TPSA) is 40.7 Å². The zero-order valence-corrected chi connectivity index (χ0v) is 12.3. The molecule has 0 amide bonds. The molecule has 2 aromatic rings. The molecule has 1 atom stereocenters. The lowest BCUT2D eigenvalue weighted by atomic mass is 10.0. The molecule has 0 fully saturated rings. The van der Waals surface area contributed by atoms with Gasteiger partial charge >= 0.3 is 0 Å². The van der Waals surface area contributed by atoms with Crippen LogP contribution >= 0.6 is 0 Å². The molecule has 0 spiro atoms. The van der Waals surface area contributed by atoms with Crippen molar-refractivity contribution in [2.24, 2.45) is 0 Å². The number of nitrogens with zero attached hydrogens (tertiary/aromatic N) is 1. The van der Waals surface area contributed by atoms with Gasteiger partial charge in [0.1, 0.15) is 0 Å². The summed E-state index contributed by atoms with van der Waals surface area (Å²) in [4.78, 5) is 7.21. The summed E-state index contributed by atoms with van der Waals surface area (Å²) in [7, 11) is 0. The Bertz CT molecular complexity index is 450. The molecular formula is C17H25N3. The maximum absolute atomic E-state index is 4.06. The molecule has 3 heteroatoms. The lowest BCUT2D eigenvalue weighted by Gasteiger charge is -2.19. The molecule has 0 aliphatic heterocycles. The molecule has 0 aliphatic carbocycles. The van der Waals surface area contributed by atoms with Crippen LogP contribution in [-0.4, -0.2) is 16.5 Å². The van der Waals surface area contributed by atoms with E-state index in [4.69, 9.17) is 0 Å². The van der Waals surface area contributed by atoms with Crippen molar-refractivity contribution in [3.63, 3.8) is 0 Å². The van der Waals surface area contributed by atoms with Gasteiger partial charge in [0, 0.05) is 30.9 Å². The Labute approximate surface area is 121 Å². The maximum Gasteiger partial charge on any atom is 0.0921 e. The van der Waals surface area contributed by atoms with Crippen LogP contribution in [0.15, 0.2) is 42.9 Å². The highest BCUT2D eigenvalue weighted by molar-refractivity contribution is 5.18. The van der Waals surface area contributed by atoms with Crippen LogP contribution in [0.5, 0.6) is 0 Å². The lowest BCUT2D eigenvalue weighted by Crippen LogP contribution is -2.24. The zero-order chi connectivity index (χ0) is 14.0. The molecule has 1 unspecified atom stereocenters. The Balaban J connectivity index is 1.85. The number of rotatable bonds is 9. The van der Waals surface area contributed by atoms with E-state index in [9.17, 15) is 0 Å².